The predicted octanol–water partition coefficient (Wildman–Crippen LogP) is 3.00. The number of aliphatic hydroxyl groups excluding tert-OH is 1. The Bertz CT molecular complexity index is 809. The molecule has 0 spiro atoms. The van der Waals surface area contributed by atoms with Gasteiger partial charge in [-0.3, -0.25) is 9.59 Å². The first-order valence-corrected chi connectivity index (χ1v) is 8.43. The standard InChI is InChI=1S/C21H21NO3/c23-14-16-6-4-5-15(11-16)13-22-21(25)12-19-18(9-10-20(19)24)17-7-2-1-3-8-17/h1-8,11,23H,9-10,12-14H2,(H,22,25). The summed E-state index contributed by atoms with van der Waals surface area (Å²) in [5, 5.41) is 12.0. The third kappa shape index (κ3) is 4.22. The third-order valence-corrected chi connectivity index (χ3v) is 4.43. The van der Waals surface area contributed by atoms with Crippen LogP contribution in [-0.4, -0.2) is 16.8 Å². The second kappa shape index (κ2) is 7.90. The van der Waals surface area contributed by atoms with Gasteiger partial charge in [0, 0.05) is 18.5 Å². The molecule has 2 aromatic carbocycles. The summed E-state index contributed by atoms with van der Waals surface area (Å²) >= 11 is 0. The highest BCUT2D eigenvalue weighted by Crippen LogP contribution is 2.33. The SMILES string of the molecule is O=C(CC1=C(c2ccccc2)CCC1=O)NCc1cccc(CO)c1. The molecule has 1 amide bonds. The van der Waals surface area contributed by atoms with E-state index in [9.17, 15) is 9.59 Å². The van der Waals surface area contributed by atoms with Crippen molar-refractivity contribution in [3.8, 4) is 0 Å². The Balaban J connectivity index is 1.67. The van der Waals surface area contributed by atoms with Gasteiger partial charge in [0.1, 0.15) is 0 Å². The van der Waals surface area contributed by atoms with Gasteiger partial charge in [0.05, 0.1) is 13.0 Å². The predicted molar refractivity (Wildman–Crippen MR) is 96.4 cm³/mol. The second-order valence-electron chi connectivity index (χ2n) is 6.18. The summed E-state index contributed by atoms with van der Waals surface area (Å²) in [6.07, 6.45) is 1.29. The number of allylic oxidation sites excluding steroid dienone is 1. The number of rotatable bonds is 6. The quantitative estimate of drug-likeness (QED) is 0.853. The Morgan fingerprint density at radius 2 is 1.76 bits per heavy atom. The molecule has 0 aromatic heterocycles. The fraction of sp³-hybridized carbons (Fsp3) is 0.238. The van der Waals surface area contributed by atoms with Gasteiger partial charge >= 0.3 is 0 Å². The third-order valence-electron chi connectivity index (χ3n) is 4.43. The lowest BCUT2D eigenvalue weighted by atomic mass is 10.00. The van der Waals surface area contributed by atoms with Crippen molar-refractivity contribution in [2.45, 2.75) is 32.4 Å². The molecule has 1 aliphatic rings. The molecule has 2 N–H and O–H groups in total. The molecule has 0 aliphatic heterocycles. The number of benzene rings is 2. The van der Waals surface area contributed by atoms with Crippen LogP contribution < -0.4 is 5.32 Å². The fourth-order valence-corrected chi connectivity index (χ4v) is 3.13. The van der Waals surface area contributed by atoms with E-state index in [1.54, 1.807) is 0 Å². The maximum Gasteiger partial charge on any atom is 0.224 e. The molecule has 4 heteroatoms. The smallest absolute Gasteiger partial charge is 0.224 e. The van der Waals surface area contributed by atoms with Gasteiger partial charge in [-0.2, -0.15) is 0 Å². The molecule has 0 saturated heterocycles. The van der Waals surface area contributed by atoms with E-state index >= 15 is 0 Å². The lowest BCUT2D eigenvalue weighted by molar-refractivity contribution is -0.122. The van der Waals surface area contributed by atoms with Crippen molar-refractivity contribution < 1.29 is 14.7 Å². The average molecular weight is 335 g/mol. The molecule has 1 aliphatic carbocycles. The second-order valence-corrected chi connectivity index (χ2v) is 6.18. The van der Waals surface area contributed by atoms with Gasteiger partial charge in [-0.1, -0.05) is 54.6 Å². The molecule has 2 aromatic rings. The van der Waals surface area contributed by atoms with Crippen molar-refractivity contribution in [1.82, 2.24) is 5.32 Å². The molecular weight excluding hydrogens is 314 g/mol. The van der Waals surface area contributed by atoms with Crippen molar-refractivity contribution in [2.75, 3.05) is 0 Å². The summed E-state index contributed by atoms with van der Waals surface area (Å²) in [5.41, 5.74) is 4.38. The molecule has 128 valence electrons. The molecule has 25 heavy (non-hydrogen) atoms. The maximum absolute atomic E-state index is 12.3. The lowest BCUT2D eigenvalue weighted by Gasteiger charge is -2.09. The molecule has 4 nitrogen and oxygen atoms in total. The van der Waals surface area contributed by atoms with Crippen molar-refractivity contribution in [1.29, 1.82) is 0 Å². The first-order valence-electron chi connectivity index (χ1n) is 8.43. The number of carbonyl (C=O) groups excluding carboxylic acids is 2. The minimum atomic E-state index is -0.159. The highest BCUT2D eigenvalue weighted by atomic mass is 16.3. The van der Waals surface area contributed by atoms with Crippen LogP contribution in [0.25, 0.3) is 5.57 Å². The van der Waals surface area contributed by atoms with Gasteiger partial charge in [0.15, 0.2) is 5.78 Å². The van der Waals surface area contributed by atoms with Crippen LogP contribution in [0, 0.1) is 0 Å². The highest BCUT2D eigenvalue weighted by molar-refractivity contribution is 6.10. The topological polar surface area (TPSA) is 66.4 Å². The van der Waals surface area contributed by atoms with Crippen LogP contribution in [0.3, 0.4) is 0 Å². The summed E-state index contributed by atoms with van der Waals surface area (Å²) in [5.74, 6) is -0.0932. The molecule has 0 unspecified atom stereocenters. The van der Waals surface area contributed by atoms with Gasteiger partial charge in [0.2, 0.25) is 5.91 Å². The number of hydrogen-bond acceptors (Lipinski definition) is 3. The van der Waals surface area contributed by atoms with Gasteiger partial charge in [0.25, 0.3) is 0 Å². The van der Waals surface area contributed by atoms with E-state index in [1.165, 1.54) is 0 Å². The number of ketones is 1. The zero-order chi connectivity index (χ0) is 17.6. The molecule has 3 rings (SSSR count). The zero-order valence-electron chi connectivity index (χ0n) is 14.0. The molecule has 0 bridgehead atoms. The van der Waals surface area contributed by atoms with Gasteiger partial charge < -0.3 is 10.4 Å². The summed E-state index contributed by atoms with van der Waals surface area (Å²) in [7, 11) is 0. The van der Waals surface area contributed by atoms with Crippen LogP contribution in [0.1, 0.15) is 36.0 Å². The van der Waals surface area contributed by atoms with Crippen LogP contribution in [0.4, 0.5) is 0 Å². The Hall–Kier alpha value is -2.72. The van der Waals surface area contributed by atoms with E-state index in [0.717, 1.165) is 22.3 Å². The number of nitrogens with one attached hydrogen (secondary N) is 1. The van der Waals surface area contributed by atoms with Gasteiger partial charge in [-0.15, -0.1) is 0 Å². The monoisotopic (exact) mass is 335 g/mol. The fourth-order valence-electron chi connectivity index (χ4n) is 3.13. The maximum atomic E-state index is 12.3. The number of aliphatic hydroxyl groups is 1. The number of Topliss-reactive ketones (excluding diaryl/α,β-unsaturated/α-hetero) is 1. The van der Waals surface area contributed by atoms with E-state index in [1.807, 2.05) is 54.6 Å². The van der Waals surface area contributed by atoms with Crippen molar-refractivity contribution in [3.05, 3.63) is 76.9 Å². The highest BCUT2D eigenvalue weighted by Gasteiger charge is 2.25. The first kappa shape index (κ1) is 17.1. The molecule has 0 saturated carbocycles. The van der Waals surface area contributed by atoms with E-state index in [0.29, 0.717) is 25.0 Å². The molecule has 0 fully saturated rings. The van der Waals surface area contributed by atoms with E-state index in [2.05, 4.69) is 5.32 Å². The Morgan fingerprint density at radius 1 is 1.00 bits per heavy atom. The van der Waals surface area contributed by atoms with Crippen molar-refractivity contribution in [2.24, 2.45) is 0 Å². The zero-order valence-corrected chi connectivity index (χ0v) is 14.0. The molecule has 0 atom stereocenters. The average Bonchev–Trinajstić information content (AvgIpc) is 3.01. The normalized spacial score (nSPS) is 14.0. The summed E-state index contributed by atoms with van der Waals surface area (Å²) in [6, 6.07) is 17.2. The van der Waals surface area contributed by atoms with Crippen LogP contribution in [0.5, 0.6) is 0 Å². The number of amides is 1. The van der Waals surface area contributed by atoms with Crippen molar-refractivity contribution >= 4 is 17.3 Å². The molecule has 0 heterocycles. The van der Waals surface area contributed by atoms with Gasteiger partial charge in [-0.05, 0) is 28.7 Å². The van der Waals surface area contributed by atoms with Crippen LogP contribution in [0.15, 0.2) is 60.2 Å². The van der Waals surface area contributed by atoms with Crippen molar-refractivity contribution in [3.63, 3.8) is 0 Å². The van der Waals surface area contributed by atoms with Crippen LogP contribution in [-0.2, 0) is 22.7 Å². The lowest BCUT2D eigenvalue weighted by Crippen LogP contribution is -2.24. The summed E-state index contributed by atoms with van der Waals surface area (Å²) < 4.78 is 0. The molecular formula is C21H21NO3. The van der Waals surface area contributed by atoms with E-state index in [4.69, 9.17) is 5.11 Å². The largest absolute Gasteiger partial charge is 0.392 e. The minimum Gasteiger partial charge on any atom is -0.392 e. The number of hydrogen-bond donors (Lipinski definition) is 2. The molecule has 0 radical (unpaired) electrons. The summed E-state index contributed by atoms with van der Waals surface area (Å²) in [4.78, 5) is 24.5. The van der Waals surface area contributed by atoms with E-state index < -0.39 is 0 Å². The Morgan fingerprint density at radius 3 is 2.52 bits per heavy atom. The minimum absolute atomic E-state index is 0.0242. The van der Waals surface area contributed by atoms with Crippen LogP contribution >= 0.6 is 0 Å². The number of carbonyl (C=O) groups is 2. The van der Waals surface area contributed by atoms with Gasteiger partial charge in [-0.25, -0.2) is 0 Å². The van der Waals surface area contributed by atoms with Crippen LogP contribution in [0.2, 0.25) is 0 Å². The Labute approximate surface area is 147 Å². The Kier molecular flexibility index (Phi) is 5.41. The van der Waals surface area contributed by atoms with E-state index in [-0.39, 0.29) is 24.7 Å². The summed E-state index contributed by atoms with van der Waals surface area (Å²) in [6.45, 7) is 0.360. The first-order chi connectivity index (χ1) is 12.2.